The number of carboxylic acids is 1. The molecule has 5 heteroatoms. The van der Waals surface area contributed by atoms with E-state index in [1.807, 2.05) is 6.08 Å². The summed E-state index contributed by atoms with van der Waals surface area (Å²) in [6.45, 7) is 8.29. The number of halogens is 1. The fourth-order valence-electron chi connectivity index (χ4n) is 2.55. The van der Waals surface area contributed by atoms with Crippen LogP contribution < -0.4 is 9.84 Å². The van der Waals surface area contributed by atoms with Gasteiger partial charge in [-0.05, 0) is 74.7 Å². The molecule has 0 radical (unpaired) electrons. The maximum Gasteiger partial charge on any atom is 0.136 e. The molecule has 0 saturated heterocycles. The van der Waals surface area contributed by atoms with Crippen LogP contribution in [-0.4, -0.2) is 12.6 Å². The Balaban J connectivity index is 2.13. The second-order valence-electron chi connectivity index (χ2n) is 6.28. The van der Waals surface area contributed by atoms with Gasteiger partial charge in [0.05, 0.1) is 10.4 Å². The molecule has 2 aromatic rings. The van der Waals surface area contributed by atoms with Crippen molar-refractivity contribution < 1.29 is 19.1 Å². The van der Waals surface area contributed by atoms with Crippen LogP contribution in [0.2, 0.25) is 0 Å². The van der Waals surface area contributed by atoms with Gasteiger partial charge >= 0.3 is 0 Å². The average molecular weight is 406 g/mol. The van der Waals surface area contributed by atoms with E-state index in [9.17, 15) is 9.90 Å². The van der Waals surface area contributed by atoms with Crippen LogP contribution in [0.4, 0.5) is 0 Å². The molecule has 0 amide bonds. The molecule has 0 spiro atoms. The van der Waals surface area contributed by atoms with Crippen molar-refractivity contribution in [3.8, 4) is 5.75 Å². The number of hydrogen-bond donors (Lipinski definition) is 0. The highest BCUT2D eigenvalue weighted by Gasteiger charge is 2.15. The van der Waals surface area contributed by atoms with E-state index >= 15 is 0 Å². The summed E-state index contributed by atoms with van der Waals surface area (Å²) in [5.74, 6) is -0.349. The van der Waals surface area contributed by atoms with Crippen LogP contribution in [0.5, 0.6) is 5.75 Å². The number of aryl methyl sites for hydroxylation is 1. The molecule has 134 valence electrons. The van der Waals surface area contributed by atoms with Crippen molar-refractivity contribution >= 4 is 32.9 Å². The molecule has 0 aliphatic heterocycles. The van der Waals surface area contributed by atoms with Gasteiger partial charge in [-0.3, -0.25) is 0 Å². The summed E-state index contributed by atoms with van der Waals surface area (Å²) in [4.78, 5) is 11.3. The lowest BCUT2D eigenvalue weighted by Gasteiger charge is -2.08. The van der Waals surface area contributed by atoms with Gasteiger partial charge in [-0.1, -0.05) is 17.2 Å². The van der Waals surface area contributed by atoms with E-state index in [0.717, 1.165) is 12.8 Å². The fraction of sp³-hybridized carbons (Fsp3) is 0.350. The quantitative estimate of drug-likeness (QED) is 0.611. The maximum atomic E-state index is 11.3. The van der Waals surface area contributed by atoms with Crippen molar-refractivity contribution in [3.05, 3.63) is 51.2 Å². The van der Waals surface area contributed by atoms with Crippen molar-refractivity contribution in [2.75, 3.05) is 6.61 Å². The number of allylic oxidation sites excluding steroid dienone is 3. The van der Waals surface area contributed by atoms with E-state index in [1.54, 1.807) is 19.1 Å². The summed E-state index contributed by atoms with van der Waals surface area (Å²) in [6.07, 6.45) is 6.26. The first kappa shape index (κ1) is 19.3. The number of ether oxygens (including phenoxy) is 1. The molecule has 4 nitrogen and oxygen atoms in total. The summed E-state index contributed by atoms with van der Waals surface area (Å²) in [5, 5.41) is 11.8. The summed E-state index contributed by atoms with van der Waals surface area (Å²) in [7, 11) is 0. The first-order valence-corrected chi connectivity index (χ1v) is 8.94. The maximum absolute atomic E-state index is 11.3. The first-order chi connectivity index (χ1) is 11.8. The number of carboxylic acid groups (broad SMARTS) is 1. The van der Waals surface area contributed by atoms with E-state index < -0.39 is 5.97 Å². The molecule has 1 aromatic heterocycles. The lowest BCUT2D eigenvalue weighted by atomic mass is 10.1. The highest BCUT2D eigenvalue weighted by Crippen LogP contribution is 2.34. The monoisotopic (exact) mass is 405 g/mol. The Bertz CT molecular complexity index is 839. The van der Waals surface area contributed by atoms with E-state index in [-0.39, 0.29) is 5.56 Å². The summed E-state index contributed by atoms with van der Waals surface area (Å²) in [5.41, 5.74) is 3.13. The zero-order valence-corrected chi connectivity index (χ0v) is 16.5. The van der Waals surface area contributed by atoms with Crippen molar-refractivity contribution in [1.82, 2.24) is 0 Å². The summed E-state index contributed by atoms with van der Waals surface area (Å²) < 4.78 is 12.0. The first-order valence-electron chi connectivity index (χ1n) is 8.15. The lowest BCUT2D eigenvalue weighted by molar-refractivity contribution is -0.254. The Morgan fingerprint density at radius 1 is 1.28 bits per heavy atom. The number of rotatable bonds is 7. The molecule has 0 atom stereocenters. The van der Waals surface area contributed by atoms with E-state index in [4.69, 9.17) is 9.15 Å². The van der Waals surface area contributed by atoms with Crippen LogP contribution in [0.15, 0.2) is 44.3 Å². The SMILES string of the molecule is CC(C)=CCC/C(C)=C\COc1cc2c(C(=O)[O-])c(C)oc2cc1Br. The van der Waals surface area contributed by atoms with Gasteiger partial charge in [0.25, 0.3) is 0 Å². The smallest absolute Gasteiger partial charge is 0.136 e. The van der Waals surface area contributed by atoms with Gasteiger partial charge in [0.2, 0.25) is 0 Å². The highest BCUT2D eigenvalue weighted by molar-refractivity contribution is 9.10. The standard InChI is InChI=1S/C20H23BrO4/c1-12(2)6-5-7-13(3)8-9-24-18-10-15-17(11-16(18)21)25-14(4)19(15)20(22)23/h6,8,10-11H,5,7,9H2,1-4H3,(H,22,23)/p-1/b13-8-. The van der Waals surface area contributed by atoms with Gasteiger partial charge in [-0.2, -0.15) is 0 Å². The summed E-state index contributed by atoms with van der Waals surface area (Å²) in [6, 6.07) is 3.39. The number of benzene rings is 1. The Labute approximate surface area is 156 Å². The van der Waals surface area contributed by atoms with Crippen LogP contribution in [0.25, 0.3) is 11.0 Å². The normalized spacial score (nSPS) is 11.6. The molecular weight excluding hydrogens is 384 g/mol. The van der Waals surface area contributed by atoms with E-state index in [0.29, 0.717) is 33.6 Å². The largest absolute Gasteiger partial charge is 0.545 e. The number of carbonyl (C=O) groups excluding carboxylic acids is 1. The third-order valence-electron chi connectivity index (χ3n) is 3.88. The molecular formula is C20H22BrO4-. The molecule has 0 saturated carbocycles. The van der Waals surface area contributed by atoms with Gasteiger partial charge < -0.3 is 19.1 Å². The number of furan rings is 1. The Kier molecular flexibility index (Phi) is 6.48. The number of aromatic carboxylic acids is 1. The molecule has 0 aliphatic carbocycles. The number of hydrogen-bond acceptors (Lipinski definition) is 4. The third-order valence-corrected chi connectivity index (χ3v) is 4.50. The average Bonchev–Trinajstić information content (AvgIpc) is 2.81. The van der Waals surface area contributed by atoms with Crippen LogP contribution in [-0.2, 0) is 0 Å². The number of fused-ring (bicyclic) bond motifs is 1. The second-order valence-corrected chi connectivity index (χ2v) is 7.14. The molecule has 0 unspecified atom stereocenters. The second kappa shape index (κ2) is 8.39. The Morgan fingerprint density at radius 2 is 2.00 bits per heavy atom. The third kappa shape index (κ3) is 4.98. The minimum absolute atomic E-state index is 0.0702. The molecule has 0 aliphatic rings. The minimum atomic E-state index is -1.25. The molecule has 1 heterocycles. The van der Waals surface area contributed by atoms with E-state index in [1.165, 1.54) is 11.1 Å². The van der Waals surface area contributed by atoms with Gasteiger partial charge in [0.15, 0.2) is 0 Å². The topological polar surface area (TPSA) is 62.5 Å². The molecule has 25 heavy (non-hydrogen) atoms. The van der Waals surface area contributed by atoms with Crippen molar-refractivity contribution in [3.63, 3.8) is 0 Å². The lowest BCUT2D eigenvalue weighted by Crippen LogP contribution is -2.22. The van der Waals surface area contributed by atoms with E-state index in [2.05, 4.69) is 42.8 Å². The number of carbonyl (C=O) groups is 1. The van der Waals surface area contributed by atoms with Crippen molar-refractivity contribution in [2.24, 2.45) is 0 Å². The zero-order valence-electron chi connectivity index (χ0n) is 14.9. The molecule has 2 rings (SSSR count). The van der Waals surface area contributed by atoms with Crippen molar-refractivity contribution in [2.45, 2.75) is 40.5 Å². The molecule has 0 N–H and O–H groups in total. The predicted molar refractivity (Wildman–Crippen MR) is 101 cm³/mol. The van der Waals surface area contributed by atoms with Crippen molar-refractivity contribution in [1.29, 1.82) is 0 Å². The fourth-order valence-corrected chi connectivity index (χ4v) is 2.99. The molecule has 0 bridgehead atoms. The Hall–Kier alpha value is -2.01. The molecule has 0 fully saturated rings. The van der Waals surface area contributed by atoms with Gasteiger partial charge in [-0.15, -0.1) is 0 Å². The van der Waals surface area contributed by atoms with Gasteiger partial charge in [0.1, 0.15) is 23.7 Å². The minimum Gasteiger partial charge on any atom is -0.545 e. The van der Waals surface area contributed by atoms with Gasteiger partial charge in [0, 0.05) is 10.9 Å². The van der Waals surface area contributed by atoms with Crippen LogP contribution >= 0.6 is 15.9 Å². The summed E-state index contributed by atoms with van der Waals surface area (Å²) >= 11 is 3.44. The molecule has 1 aromatic carbocycles. The predicted octanol–water partition coefficient (Wildman–Crippen LogP) is 4.94. The van der Waals surface area contributed by atoms with Gasteiger partial charge in [-0.25, -0.2) is 0 Å². The Morgan fingerprint density at radius 3 is 2.64 bits per heavy atom. The van der Waals surface area contributed by atoms with Crippen LogP contribution in [0, 0.1) is 6.92 Å². The van der Waals surface area contributed by atoms with Crippen LogP contribution in [0.1, 0.15) is 49.7 Å². The zero-order chi connectivity index (χ0) is 18.6. The van der Waals surface area contributed by atoms with Crippen LogP contribution in [0.3, 0.4) is 0 Å². The highest BCUT2D eigenvalue weighted by atomic mass is 79.9.